The first-order valence-corrected chi connectivity index (χ1v) is 8.49. The summed E-state index contributed by atoms with van der Waals surface area (Å²) in [4.78, 5) is 12.0. The van der Waals surface area contributed by atoms with Gasteiger partial charge in [-0.15, -0.1) is 0 Å². The van der Waals surface area contributed by atoms with Crippen LogP contribution in [-0.4, -0.2) is 6.29 Å². The number of benzene rings is 3. The molecule has 4 aromatic rings. The molecule has 124 valence electrons. The molecule has 0 radical (unpaired) electrons. The number of carbonyl (C=O) groups is 1. The van der Waals surface area contributed by atoms with E-state index in [1.807, 2.05) is 97.1 Å². The third-order valence-corrected chi connectivity index (χ3v) is 4.32. The lowest BCUT2D eigenvalue weighted by atomic mass is 9.96. The fourth-order valence-corrected chi connectivity index (χ4v) is 3.05. The van der Waals surface area contributed by atoms with Crippen LogP contribution in [0.3, 0.4) is 0 Å². The van der Waals surface area contributed by atoms with Crippen LogP contribution in [-0.2, 0) is 0 Å². The van der Waals surface area contributed by atoms with Gasteiger partial charge in [-0.25, -0.2) is 4.42 Å². The smallest absolute Gasteiger partial charge is 0.297 e. The van der Waals surface area contributed by atoms with E-state index in [1.54, 1.807) is 0 Å². The third-order valence-electron chi connectivity index (χ3n) is 4.32. The van der Waals surface area contributed by atoms with E-state index in [4.69, 9.17) is 4.42 Å². The average Bonchev–Trinajstić information content (AvgIpc) is 2.74. The fourth-order valence-electron chi connectivity index (χ4n) is 3.05. The largest absolute Gasteiger partial charge is 0.371 e. The Hall–Kier alpha value is -3.52. The molecule has 0 atom stereocenters. The molecule has 26 heavy (non-hydrogen) atoms. The molecule has 0 amide bonds. The Balaban J connectivity index is 2.03. The first-order chi connectivity index (χ1) is 12.9. The molecule has 2 nitrogen and oxygen atoms in total. The second-order valence-electron chi connectivity index (χ2n) is 5.98. The van der Waals surface area contributed by atoms with Gasteiger partial charge in [-0.05, 0) is 29.8 Å². The van der Waals surface area contributed by atoms with E-state index in [2.05, 4.69) is 0 Å². The van der Waals surface area contributed by atoms with Gasteiger partial charge >= 0.3 is 11.5 Å². The first-order valence-electron chi connectivity index (χ1n) is 8.49. The van der Waals surface area contributed by atoms with Crippen molar-refractivity contribution in [2.24, 2.45) is 0 Å². The Morgan fingerprint density at radius 3 is 1.65 bits per heavy atom. The summed E-state index contributed by atoms with van der Waals surface area (Å²) >= 11 is 0. The summed E-state index contributed by atoms with van der Waals surface area (Å²) in [5.41, 5.74) is 4.26. The Kier molecular flexibility index (Phi) is 4.40. The molecule has 0 N–H and O–H groups in total. The number of rotatable bonds is 4. The van der Waals surface area contributed by atoms with Crippen molar-refractivity contribution in [3.8, 4) is 33.8 Å². The van der Waals surface area contributed by atoms with Gasteiger partial charge in [-0.1, -0.05) is 66.7 Å². The molecule has 1 heterocycles. The van der Waals surface area contributed by atoms with Gasteiger partial charge in [-0.3, -0.25) is 4.79 Å². The minimum absolute atomic E-state index is 0.557. The van der Waals surface area contributed by atoms with Gasteiger partial charge < -0.3 is 0 Å². The van der Waals surface area contributed by atoms with Crippen molar-refractivity contribution in [2.75, 3.05) is 0 Å². The summed E-state index contributed by atoms with van der Waals surface area (Å²) in [7, 11) is 0. The van der Waals surface area contributed by atoms with E-state index in [0.29, 0.717) is 11.3 Å². The van der Waals surface area contributed by atoms with Gasteiger partial charge in [-0.2, -0.15) is 0 Å². The highest BCUT2D eigenvalue weighted by Gasteiger charge is 2.27. The Bertz CT molecular complexity index is 963. The van der Waals surface area contributed by atoms with Crippen LogP contribution in [0.5, 0.6) is 0 Å². The van der Waals surface area contributed by atoms with Crippen molar-refractivity contribution in [3.05, 3.63) is 103 Å². The molecule has 3 aromatic carbocycles. The average molecular weight is 337 g/mol. The second-order valence-corrected chi connectivity index (χ2v) is 5.98. The Morgan fingerprint density at radius 1 is 0.615 bits per heavy atom. The highest BCUT2D eigenvalue weighted by molar-refractivity contribution is 5.95. The highest BCUT2D eigenvalue weighted by atomic mass is 16.3. The van der Waals surface area contributed by atoms with Crippen molar-refractivity contribution >= 4 is 6.29 Å². The summed E-state index contributed by atoms with van der Waals surface area (Å²) in [6.45, 7) is 0. The van der Waals surface area contributed by atoms with E-state index >= 15 is 0 Å². The maximum absolute atomic E-state index is 12.0. The van der Waals surface area contributed by atoms with Crippen LogP contribution in [0.15, 0.2) is 101 Å². The van der Waals surface area contributed by atoms with E-state index in [1.165, 1.54) is 0 Å². The standard InChI is InChI=1S/C24H17O2/c25-17-22-21(18-10-4-1-5-11-18)16-23(19-12-6-2-7-13-19)26-24(22)20-14-8-3-9-15-20/h1-17H/q+1. The Morgan fingerprint density at radius 2 is 1.12 bits per heavy atom. The fraction of sp³-hybridized carbons (Fsp3) is 0. The van der Waals surface area contributed by atoms with Crippen LogP contribution in [0, 0.1) is 0 Å². The minimum Gasteiger partial charge on any atom is -0.297 e. The molecule has 0 aliphatic heterocycles. The number of aldehydes is 1. The van der Waals surface area contributed by atoms with E-state index in [9.17, 15) is 4.79 Å². The lowest BCUT2D eigenvalue weighted by Gasteiger charge is -2.05. The number of hydrogen-bond acceptors (Lipinski definition) is 1. The second kappa shape index (κ2) is 7.16. The molecule has 0 aliphatic rings. The van der Waals surface area contributed by atoms with Crippen molar-refractivity contribution < 1.29 is 9.21 Å². The minimum atomic E-state index is 0.557. The molecule has 0 aliphatic carbocycles. The van der Waals surface area contributed by atoms with E-state index in [0.717, 1.165) is 34.3 Å². The molecule has 0 fully saturated rings. The van der Waals surface area contributed by atoms with Crippen LogP contribution < -0.4 is 0 Å². The summed E-state index contributed by atoms with van der Waals surface area (Å²) in [6.07, 6.45) is 0.878. The predicted molar refractivity (Wildman–Crippen MR) is 105 cm³/mol. The van der Waals surface area contributed by atoms with E-state index < -0.39 is 0 Å². The normalized spacial score (nSPS) is 10.5. The van der Waals surface area contributed by atoms with Crippen molar-refractivity contribution in [1.29, 1.82) is 0 Å². The van der Waals surface area contributed by atoms with Gasteiger partial charge in [0, 0.05) is 5.56 Å². The van der Waals surface area contributed by atoms with Gasteiger partial charge in [0.25, 0.3) is 0 Å². The zero-order chi connectivity index (χ0) is 17.8. The summed E-state index contributed by atoms with van der Waals surface area (Å²) in [5, 5.41) is 0. The molecule has 2 heteroatoms. The first kappa shape index (κ1) is 16.0. The van der Waals surface area contributed by atoms with Gasteiger partial charge in [0.1, 0.15) is 5.56 Å². The van der Waals surface area contributed by atoms with Gasteiger partial charge in [0.2, 0.25) is 0 Å². The van der Waals surface area contributed by atoms with Gasteiger partial charge in [0.15, 0.2) is 6.29 Å². The van der Waals surface area contributed by atoms with Crippen LogP contribution in [0.2, 0.25) is 0 Å². The van der Waals surface area contributed by atoms with Crippen LogP contribution in [0.25, 0.3) is 33.8 Å². The molecule has 0 saturated heterocycles. The summed E-state index contributed by atoms with van der Waals surface area (Å²) < 4.78 is 6.20. The topological polar surface area (TPSA) is 28.4 Å². The molecule has 0 unspecified atom stereocenters. The summed E-state index contributed by atoms with van der Waals surface area (Å²) in [5.74, 6) is 1.31. The monoisotopic (exact) mass is 337 g/mol. The molecule has 4 rings (SSSR count). The quantitative estimate of drug-likeness (QED) is 0.319. The lowest BCUT2D eigenvalue weighted by molar-refractivity contribution is 0.112. The number of hydrogen-bond donors (Lipinski definition) is 0. The van der Waals surface area contributed by atoms with Gasteiger partial charge in [0.05, 0.1) is 17.2 Å². The van der Waals surface area contributed by atoms with Crippen molar-refractivity contribution in [1.82, 2.24) is 0 Å². The van der Waals surface area contributed by atoms with E-state index in [-0.39, 0.29) is 0 Å². The Labute approximate surface area is 152 Å². The van der Waals surface area contributed by atoms with Crippen molar-refractivity contribution in [2.45, 2.75) is 0 Å². The summed E-state index contributed by atoms with van der Waals surface area (Å²) in [6, 6.07) is 31.5. The molecule has 0 spiro atoms. The predicted octanol–water partition coefficient (Wildman–Crippen LogP) is 6.37. The molecular formula is C24H17O2+. The molecule has 1 aromatic heterocycles. The lowest BCUT2D eigenvalue weighted by Crippen LogP contribution is -1.95. The van der Waals surface area contributed by atoms with Crippen LogP contribution in [0.1, 0.15) is 10.4 Å². The van der Waals surface area contributed by atoms with Crippen LogP contribution in [0.4, 0.5) is 0 Å². The SMILES string of the molecule is O=Cc1c(-c2ccccc2)cc(-c2ccccc2)[o+]c1-c1ccccc1. The zero-order valence-electron chi connectivity index (χ0n) is 14.1. The molecule has 0 saturated carbocycles. The molecule has 0 bridgehead atoms. The van der Waals surface area contributed by atoms with Crippen LogP contribution >= 0.6 is 0 Å². The van der Waals surface area contributed by atoms with Crippen molar-refractivity contribution in [3.63, 3.8) is 0 Å². The zero-order valence-corrected chi connectivity index (χ0v) is 14.1. The third kappa shape index (κ3) is 3.05. The molecular weight excluding hydrogens is 320 g/mol. The highest BCUT2D eigenvalue weighted by Crippen LogP contribution is 2.36. The maximum atomic E-state index is 12.0. The maximum Gasteiger partial charge on any atom is 0.371 e. The number of carbonyl (C=O) groups excluding carboxylic acids is 1.